The molecule has 1 N–H and O–H groups in total. The Bertz CT molecular complexity index is 920. The van der Waals surface area contributed by atoms with Crippen molar-refractivity contribution in [2.45, 2.75) is 32.9 Å². The summed E-state index contributed by atoms with van der Waals surface area (Å²) < 4.78 is 0. The number of aromatic amines is 1. The number of para-hydroxylation sites is 1. The summed E-state index contributed by atoms with van der Waals surface area (Å²) in [7, 11) is 0. The highest BCUT2D eigenvalue weighted by Crippen LogP contribution is 2.17. The number of rotatable bonds is 6. The zero-order valence-electron chi connectivity index (χ0n) is 14.5. The van der Waals surface area contributed by atoms with E-state index >= 15 is 0 Å². The van der Waals surface area contributed by atoms with Gasteiger partial charge in [-0.15, -0.1) is 0 Å². The van der Waals surface area contributed by atoms with Crippen LogP contribution in [0.4, 0.5) is 0 Å². The lowest BCUT2D eigenvalue weighted by molar-refractivity contribution is 0.210. The Hall–Kier alpha value is -2.17. The first kappa shape index (κ1) is 17.6. The molecule has 25 heavy (non-hydrogen) atoms. The molecule has 0 aliphatic heterocycles. The second kappa shape index (κ2) is 7.81. The van der Waals surface area contributed by atoms with E-state index in [4.69, 9.17) is 11.6 Å². The van der Waals surface area contributed by atoms with Crippen molar-refractivity contribution in [1.29, 1.82) is 0 Å². The number of fused-ring (bicyclic) bond motifs is 1. The van der Waals surface area contributed by atoms with E-state index in [0.717, 1.165) is 29.1 Å². The highest BCUT2D eigenvalue weighted by atomic mass is 35.5. The monoisotopic (exact) mass is 355 g/mol. The van der Waals surface area contributed by atoms with Gasteiger partial charge in [0.05, 0.1) is 17.4 Å². The lowest BCUT2D eigenvalue weighted by Crippen LogP contribution is -2.33. The lowest BCUT2D eigenvalue weighted by Gasteiger charge is -2.26. The Morgan fingerprint density at radius 3 is 2.60 bits per heavy atom. The molecule has 1 aromatic heterocycles. The first-order chi connectivity index (χ1) is 12.0. The minimum atomic E-state index is -0.0876. The molecule has 0 fully saturated rings. The third-order valence-electron chi connectivity index (χ3n) is 4.37. The summed E-state index contributed by atoms with van der Waals surface area (Å²) in [5, 5.41) is 1.42. The van der Waals surface area contributed by atoms with Crippen molar-refractivity contribution < 1.29 is 0 Å². The van der Waals surface area contributed by atoms with Crippen LogP contribution >= 0.6 is 11.6 Å². The van der Waals surface area contributed by atoms with Crippen molar-refractivity contribution in [1.82, 2.24) is 14.9 Å². The highest BCUT2D eigenvalue weighted by Gasteiger charge is 2.13. The summed E-state index contributed by atoms with van der Waals surface area (Å²) in [5.41, 5.74) is 1.78. The van der Waals surface area contributed by atoms with Crippen molar-refractivity contribution in [2.75, 3.05) is 6.54 Å². The molecular weight excluding hydrogens is 334 g/mol. The zero-order valence-corrected chi connectivity index (χ0v) is 15.3. The average molecular weight is 356 g/mol. The SMILES string of the molecule is CC(C)N(CCc1ccccc1Cl)Cc1nc2ccccc2c(=O)[nH]1. The van der Waals surface area contributed by atoms with Crippen LogP contribution in [0.25, 0.3) is 10.9 Å². The summed E-state index contributed by atoms with van der Waals surface area (Å²) in [4.78, 5) is 22.0. The molecule has 0 unspecified atom stereocenters. The maximum Gasteiger partial charge on any atom is 0.258 e. The Labute approximate surface area is 152 Å². The third-order valence-corrected chi connectivity index (χ3v) is 4.74. The molecule has 3 aromatic rings. The number of halogens is 1. The molecule has 1 heterocycles. The first-order valence-electron chi connectivity index (χ1n) is 8.50. The van der Waals surface area contributed by atoms with E-state index < -0.39 is 0 Å². The lowest BCUT2D eigenvalue weighted by atomic mass is 10.1. The zero-order chi connectivity index (χ0) is 17.8. The molecule has 0 aliphatic rings. The number of hydrogen-bond acceptors (Lipinski definition) is 3. The van der Waals surface area contributed by atoms with Crippen LogP contribution in [0.15, 0.2) is 53.3 Å². The topological polar surface area (TPSA) is 49.0 Å². The second-order valence-corrected chi connectivity index (χ2v) is 6.84. The van der Waals surface area contributed by atoms with Crippen LogP contribution in [-0.2, 0) is 13.0 Å². The summed E-state index contributed by atoms with van der Waals surface area (Å²) in [5.74, 6) is 0.691. The molecule has 0 aliphatic carbocycles. The molecular formula is C20H22ClN3O. The van der Waals surface area contributed by atoms with Gasteiger partial charge >= 0.3 is 0 Å². The van der Waals surface area contributed by atoms with Crippen LogP contribution in [0.5, 0.6) is 0 Å². The van der Waals surface area contributed by atoms with Crippen molar-refractivity contribution in [2.24, 2.45) is 0 Å². The van der Waals surface area contributed by atoms with Crippen molar-refractivity contribution in [3.05, 3.63) is 75.3 Å². The minimum absolute atomic E-state index is 0.0876. The molecule has 0 saturated heterocycles. The van der Waals surface area contributed by atoms with Crippen LogP contribution in [-0.4, -0.2) is 27.5 Å². The molecule has 2 aromatic carbocycles. The minimum Gasteiger partial charge on any atom is -0.309 e. The van der Waals surface area contributed by atoms with Crippen LogP contribution in [0.3, 0.4) is 0 Å². The van der Waals surface area contributed by atoms with Crippen LogP contribution in [0.2, 0.25) is 5.02 Å². The fraction of sp³-hybridized carbons (Fsp3) is 0.300. The van der Waals surface area contributed by atoms with Gasteiger partial charge < -0.3 is 4.98 Å². The first-order valence-corrected chi connectivity index (χ1v) is 8.88. The Balaban J connectivity index is 1.78. The van der Waals surface area contributed by atoms with Gasteiger partial charge in [-0.25, -0.2) is 4.98 Å². The number of nitrogens with zero attached hydrogens (tertiary/aromatic N) is 2. The summed E-state index contributed by atoms with van der Waals surface area (Å²) in [6.45, 7) is 5.73. The normalized spacial score (nSPS) is 11.6. The van der Waals surface area contributed by atoms with E-state index in [1.54, 1.807) is 6.07 Å². The fourth-order valence-corrected chi connectivity index (χ4v) is 3.12. The van der Waals surface area contributed by atoms with Gasteiger partial charge in [-0.3, -0.25) is 9.69 Å². The molecule has 130 valence electrons. The summed E-state index contributed by atoms with van der Waals surface area (Å²) >= 11 is 6.26. The maximum atomic E-state index is 12.2. The number of aromatic nitrogens is 2. The van der Waals surface area contributed by atoms with E-state index in [1.807, 2.05) is 36.4 Å². The standard InChI is InChI=1S/C20H22ClN3O/c1-14(2)24(12-11-15-7-3-5-9-17(15)21)13-19-22-18-10-6-4-8-16(18)20(25)23-19/h3-10,14H,11-13H2,1-2H3,(H,22,23,25). The molecule has 0 atom stereocenters. The van der Waals surface area contributed by atoms with Crippen molar-refractivity contribution >= 4 is 22.5 Å². The van der Waals surface area contributed by atoms with E-state index in [1.165, 1.54) is 0 Å². The van der Waals surface area contributed by atoms with Crippen molar-refractivity contribution in [3.8, 4) is 0 Å². The second-order valence-electron chi connectivity index (χ2n) is 6.44. The molecule has 4 nitrogen and oxygen atoms in total. The number of hydrogen-bond donors (Lipinski definition) is 1. The quantitative estimate of drug-likeness (QED) is 0.726. The van der Waals surface area contributed by atoms with Crippen LogP contribution in [0.1, 0.15) is 25.2 Å². The molecule has 3 rings (SSSR count). The Morgan fingerprint density at radius 2 is 1.84 bits per heavy atom. The summed E-state index contributed by atoms with van der Waals surface area (Å²) in [6.07, 6.45) is 0.857. The van der Waals surface area contributed by atoms with Gasteiger partial charge in [-0.2, -0.15) is 0 Å². The predicted octanol–water partition coefficient (Wildman–Crippen LogP) is 4.03. The van der Waals surface area contributed by atoms with Gasteiger partial charge in [0.15, 0.2) is 0 Å². The third kappa shape index (κ3) is 4.27. The fourth-order valence-electron chi connectivity index (χ4n) is 2.89. The van der Waals surface area contributed by atoms with Gasteiger partial charge in [0.1, 0.15) is 5.82 Å². The maximum absolute atomic E-state index is 12.2. The highest BCUT2D eigenvalue weighted by molar-refractivity contribution is 6.31. The largest absolute Gasteiger partial charge is 0.309 e. The van der Waals surface area contributed by atoms with Gasteiger partial charge in [-0.1, -0.05) is 41.9 Å². The predicted molar refractivity (Wildman–Crippen MR) is 103 cm³/mol. The number of benzene rings is 2. The van der Waals surface area contributed by atoms with E-state index in [-0.39, 0.29) is 5.56 Å². The molecule has 0 radical (unpaired) electrons. The van der Waals surface area contributed by atoms with E-state index in [2.05, 4.69) is 34.8 Å². The van der Waals surface area contributed by atoms with Crippen LogP contribution < -0.4 is 5.56 Å². The molecule has 5 heteroatoms. The molecule has 0 bridgehead atoms. The Kier molecular flexibility index (Phi) is 5.51. The molecule has 0 spiro atoms. The van der Waals surface area contributed by atoms with E-state index in [9.17, 15) is 4.79 Å². The molecule has 0 saturated carbocycles. The summed E-state index contributed by atoms with van der Waals surface area (Å²) in [6, 6.07) is 15.7. The Morgan fingerprint density at radius 1 is 1.12 bits per heavy atom. The number of nitrogens with one attached hydrogen (secondary N) is 1. The van der Waals surface area contributed by atoms with Crippen LogP contribution in [0, 0.1) is 0 Å². The average Bonchev–Trinajstić information content (AvgIpc) is 2.59. The van der Waals surface area contributed by atoms with Crippen molar-refractivity contribution in [3.63, 3.8) is 0 Å². The van der Waals surface area contributed by atoms with Gasteiger partial charge in [0, 0.05) is 17.6 Å². The van der Waals surface area contributed by atoms with Gasteiger partial charge in [0.2, 0.25) is 0 Å². The van der Waals surface area contributed by atoms with E-state index in [0.29, 0.717) is 23.8 Å². The smallest absolute Gasteiger partial charge is 0.258 e. The van der Waals surface area contributed by atoms with Gasteiger partial charge in [-0.05, 0) is 44.0 Å². The van der Waals surface area contributed by atoms with Gasteiger partial charge in [0.25, 0.3) is 5.56 Å². The number of H-pyrrole nitrogens is 1. The molecule has 0 amide bonds.